The highest BCUT2D eigenvalue weighted by molar-refractivity contribution is 5.88. The van der Waals surface area contributed by atoms with Gasteiger partial charge in [-0.15, -0.1) is 0 Å². The zero-order valence-corrected chi connectivity index (χ0v) is 10.1. The van der Waals surface area contributed by atoms with Gasteiger partial charge >= 0.3 is 5.97 Å². The number of rotatable bonds is 2. The average Bonchev–Trinajstić information content (AvgIpc) is 2.36. The largest absolute Gasteiger partial charge is 0.466 e. The number of aromatic amines is 1. The molecule has 1 N–H and O–H groups in total. The van der Waals surface area contributed by atoms with E-state index in [1.807, 2.05) is 0 Å². The van der Waals surface area contributed by atoms with E-state index in [2.05, 4.69) is 14.7 Å². The second-order valence-corrected chi connectivity index (χ2v) is 3.78. The molecule has 5 heteroatoms. The minimum Gasteiger partial charge on any atom is -0.466 e. The van der Waals surface area contributed by atoms with Crippen LogP contribution in [-0.4, -0.2) is 23.0 Å². The maximum Gasteiger partial charge on any atom is 0.330 e. The molecule has 0 unspecified atom stereocenters. The third kappa shape index (κ3) is 2.45. The Balaban J connectivity index is 2.48. The Morgan fingerprint density at radius 1 is 1.44 bits per heavy atom. The monoisotopic (exact) mass is 244 g/mol. The Bertz CT molecular complexity index is 686. The zero-order chi connectivity index (χ0) is 13.1. The molecule has 0 bridgehead atoms. The number of hydrogen-bond donors (Lipinski definition) is 1. The van der Waals surface area contributed by atoms with Crippen LogP contribution in [0, 0.1) is 6.92 Å². The predicted molar refractivity (Wildman–Crippen MR) is 68.2 cm³/mol. The van der Waals surface area contributed by atoms with E-state index in [1.165, 1.54) is 13.2 Å². The third-order valence-corrected chi connectivity index (χ3v) is 2.46. The number of benzene rings is 1. The van der Waals surface area contributed by atoms with Gasteiger partial charge in [-0.1, -0.05) is 6.07 Å². The summed E-state index contributed by atoms with van der Waals surface area (Å²) in [6.45, 7) is 1.73. The molecule has 2 rings (SSSR count). The molecule has 1 heterocycles. The topological polar surface area (TPSA) is 72.0 Å². The zero-order valence-electron chi connectivity index (χ0n) is 10.1. The van der Waals surface area contributed by atoms with Crippen molar-refractivity contribution in [2.45, 2.75) is 6.92 Å². The Labute approximate surface area is 103 Å². The lowest BCUT2D eigenvalue weighted by molar-refractivity contribution is -0.134. The van der Waals surface area contributed by atoms with Crippen molar-refractivity contribution in [2.75, 3.05) is 7.11 Å². The molecule has 0 radical (unpaired) electrons. The van der Waals surface area contributed by atoms with Gasteiger partial charge in [-0.05, 0) is 30.7 Å². The number of carbonyl (C=O) groups excluding carboxylic acids is 1. The lowest BCUT2D eigenvalue weighted by atomic mass is 10.1. The summed E-state index contributed by atoms with van der Waals surface area (Å²) in [5.41, 5.74) is 1.18. The van der Waals surface area contributed by atoms with Gasteiger partial charge in [0.25, 0.3) is 5.56 Å². The van der Waals surface area contributed by atoms with E-state index in [4.69, 9.17) is 0 Å². The van der Waals surface area contributed by atoms with Crippen molar-refractivity contribution < 1.29 is 9.53 Å². The average molecular weight is 244 g/mol. The van der Waals surface area contributed by atoms with Crippen LogP contribution in [0.4, 0.5) is 0 Å². The number of carbonyl (C=O) groups is 1. The van der Waals surface area contributed by atoms with Crippen LogP contribution in [0.25, 0.3) is 17.0 Å². The molecule has 0 aliphatic rings. The molecule has 5 nitrogen and oxygen atoms in total. The normalized spacial score (nSPS) is 11.0. The Morgan fingerprint density at radius 3 is 2.94 bits per heavy atom. The fourth-order valence-electron chi connectivity index (χ4n) is 1.61. The minimum atomic E-state index is -0.439. The third-order valence-electron chi connectivity index (χ3n) is 2.46. The maximum absolute atomic E-state index is 11.7. The number of hydrogen-bond acceptors (Lipinski definition) is 4. The summed E-state index contributed by atoms with van der Waals surface area (Å²) in [4.78, 5) is 29.6. The predicted octanol–water partition coefficient (Wildman–Crippen LogP) is 1.42. The molecule has 2 aromatic rings. The molecule has 0 aliphatic heterocycles. The molecule has 0 aliphatic carbocycles. The summed E-state index contributed by atoms with van der Waals surface area (Å²) >= 11 is 0. The van der Waals surface area contributed by atoms with Crippen LogP contribution in [0.3, 0.4) is 0 Å². The first-order valence-electron chi connectivity index (χ1n) is 5.37. The first-order valence-corrected chi connectivity index (χ1v) is 5.37. The maximum atomic E-state index is 11.7. The highest BCUT2D eigenvalue weighted by Crippen LogP contribution is 2.11. The standard InChI is InChI=1S/C13H12N2O3/c1-8-14-11-5-3-9(4-6-12(16)18-2)7-10(11)13(17)15-8/h3-7H,1-2H3,(H,14,15,17). The van der Waals surface area contributed by atoms with Crippen LogP contribution in [0.5, 0.6) is 0 Å². The fraction of sp³-hybridized carbons (Fsp3) is 0.154. The fourth-order valence-corrected chi connectivity index (χ4v) is 1.61. The minimum absolute atomic E-state index is 0.189. The van der Waals surface area contributed by atoms with E-state index >= 15 is 0 Å². The molecule has 0 spiro atoms. The van der Waals surface area contributed by atoms with Crippen LogP contribution in [-0.2, 0) is 9.53 Å². The Kier molecular flexibility index (Phi) is 3.23. The number of methoxy groups -OCH3 is 1. The lowest BCUT2D eigenvalue weighted by Crippen LogP contribution is -2.09. The van der Waals surface area contributed by atoms with E-state index < -0.39 is 5.97 Å². The highest BCUT2D eigenvalue weighted by atomic mass is 16.5. The van der Waals surface area contributed by atoms with Crippen LogP contribution >= 0.6 is 0 Å². The molecule has 0 saturated heterocycles. The molecule has 0 amide bonds. The Hall–Kier alpha value is -2.43. The van der Waals surface area contributed by atoms with Crippen molar-refractivity contribution in [3.63, 3.8) is 0 Å². The highest BCUT2D eigenvalue weighted by Gasteiger charge is 2.02. The smallest absolute Gasteiger partial charge is 0.330 e. The van der Waals surface area contributed by atoms with Gasteiger partial charge in [-0.25, -0.2) is 9.78 Å². The van der Waals surface area contributed by atoms with Crippen molar-refractivity contribution in [3.05, 3.63) is 46.0 Å². The van der Waals surface area contributed by atoms with Gasteiger partial charge < -0.3 is 9.72 Å². The Morgan fingerprint density at radius 2 is 2.22 bits per heavy atom. The quantitative estimate of drug-likeness (QED) is 0.640. The van der Waals surface area contributed by atoms with Gasteiger partial charge in [-0.2, -0.15) is 0 Å². The van der Waals surface area contributed by atoms with E-state index in [9.17, 15) is 9.59 Å². The van der Waals surface area contributed by atoms with Crippen LogP contribution < -0.4 is 5.56 Å². The summed E-state index contributed by atoms with van der Waals surface area (Å²) in [5, 5.41) is 0.493. The second kappa shape index (κ2) is 4.83. The summed E-state index contributed by atoms with van der Waals surface area (Å²) in [7, 11) is 1.31. The first-order chi connectivity index (χ1) is 8.60. The van der Waals surface area contributed by atoms with Crippen LogP contribution in [0.2, 0.25) is 0 Å². The van der Waals surface area contributed by atoms with Crippen molar-refractivity contribution in [2.24, 2.45) is 0 Å². The number of aryl methyl sites for hydroxylation is 1. The van der Waals surface area contributed by atoms with Gasteiger partial charge in [0.05, 0.1) is 18.0 Å². The molecule has 92 valence electrons. The van der Waals surface area contributed by atoms with Gasteiger partial charge in [0.15, 0.2) is 0 Å². The summed E-state index contributed by atoms with van der Waals surface area (Å²) in [6.07, 6.45) is 2.89. The van der Waals surface area contributed by atoms with Gasteiger partial charge in [0.2, 0.25) is 0 Å². The number of esters is 1. The molecule has 0 saturated carbocycles. The molecular weight excluding hydrogens is 232 g/mol. The molecule has 0 fully saturated rings. The lowest BCUT2D eigenvalue weighted by Gasteiger charge is -2.00. The second-order valence-electron chi connectivity index (χ2n) is 3.78. The van der Waals surface area contributed by atoms with Crippen LogP contribution in [0.15, 0.2) is 29.1 Å². The number of nitrogens with zero attached hydrogens (tertiary/aromatic N) is 1. The molecule has 1 aromatic heterocycles. The SMILES string of the molecule is COC(=O)C=Cc1ccc2nc(C)[nH]c(=O)c2c1. The number of ether oxygens (including phenoxy) is 1. The molecule has 0 atom stereocenters. The van der Waals surface area contributed by atoms with Crippen LogP contribution in [0.1, 0.15) is 11.4 Å². The first kappa shape index (κ1) is 12.0. The van der Waals surface area contributed by atoms with E-state index in [0.29, 0.717) is 16.7 Å². The molecule has 18 heavy (non-hydrogen) atoms. The van der Waals surface area contributed by atoms with Crippen molar-refractivity contribution >= 4 is 22.9 Å². The number of H-pyrrole nitrogens is 1. The molecular formula is C13H12N2O3. The van der Waals surface area contributed by atoms with Crippen molar-refractivity contribution in [3.8, 4) is 0 Å². The van der Waals surface area contributed by atoms with Gasteiger partial charge in [0.1, 0.15) is 5.82 Å². The number of nitrogens with one attached hydrogen (secondary N) is 1. The number of fused-ring (bicyclic) bond motifs is 1. The van der Waals surface area contributed by atoms with Gasteiger partial charge in [0, 0.05) is 6.08 Å². The summed E-state index contributed by atoms with van der Waals surface area (Å²) < 4.78 is 4.49. The molecule has 1 aromatic carbocycles. The number of aromatic nitrogens is 2. The summed E-state index contributed by atoms with van der Waals surface area (Å²) in [5.74, 6) is 0.136. The van der Waals surface area contributed by atoms with Crippen molar-refractivity contribution in [1.82, 2.24) is 9.97 Å². The van der Waals surface area contributed by atoms with E-state index in [1.54, 1.807) is 31.2 Å². The van der Waals surface area contributed by atoms with E-state index in [-0.39, 0.29) is 5.56 Å². The van der Waals surface area contributed by atoms with Crippen molar-refractivity contribution in [1.29, 1.82) is 0 Å². The summed E-state index contributed by atoms with van der Waals surface area (Å²) in [6, 6.07) is 5.21. The van der Waals surface area contributed by atoms with E-state index in [0.717, 1.165) is 5.56 Å². The van der Waals surface area contributed by atoms with Gasteiger partial charge in [-0.3, -0.25) is 4.79 Å².